The van der Waals surface area contributed by atoms with Crippen molar-refractivity contribution >= 4 is 23.7 Å². The summed E-state index contributed by atoms with van der Waals surface area (Å²) in [5, 5.41) is 30.1. The average molecular weight is 636 g/mol. The van der Waals surface area contributed by atoms with Gasteiger partial charge in [0.1, 0.15) is 17.6 Å². The zero-order valence-corrected chi connectivity index (χ0v) is 22.8. The van der Waals surface area contributed by atoms with Crippen LogP contribution in [0.5, 0.6) is 11.5 Å². The van der Waals surface area contributed by atoms with Crippen LogP contribution in [0.3, 0.4) is 0 Å². The summed E-state index contributed by atoms with van der Waals surface area (Å²) < 4.78 is 74.9. The predicted octanol–water partition coefficient (Wildman–Crippen LogP) is 4.41. The third-order valence-corrected chi connectivity index (χ3v) is 5.44. The maximum Gasteiger partial charge on any atom is 0.490 e. The smallest absolute Gasteiger partial charge is 0.490 e. The molecule has 0 aliphatic carbocycles. The van der Waals surface area contributed by atoms with Crippen LogP contribution in [0.25, 0.3) is 11.1 Å². The largest absolute Gasteiger partial charge is 0.497 e. The van der Waals surface area contributed by atoms with Gasteiger partial charge >= 0.3 is 30.3 Å². The lowest BCUT2D eigenvalue weighted by Crippen LogP contribution is -2.29. The quantitative estimate of drug-likeness (QED) is 0.206. The molecule has 1 saturated heterocycles. The Kier molecular flexibility index (Phi) is 12.8. The van der Waals surface area contributed by atoms with Crippen molar-refractivity contribution in [2.24, 2.45) is 0 Å². The minimum atomic E-state index is -5.08. The van der Waals surface area contributed by atoms with Crippen molar-refractivity contribution in [2.75, 3.05) is 25.5 Å². The standard InChI is InChI=1S/C22H25N5O3.2C2HF3O2/c1-29-18-4-2-3-15(9-18)11-24-22(28)27-20-6-5-16(17-12-25-26-13-17)10-21(20)30-19-7-8-23-14-19;2*3-2(4,5)1(6)7/h2-6,9-10,12-13,19,23H,7-8,11,14H2,1H3,(H,25,26)(H2,24,27,28);2*(H,6,7). The number of alkyl halides is 6. The SMILES string of the molecule is COc1cccc(CNC(=O)Nc2ccc(-c3cn[nH]c3)cc2OC2CCNC2)c1.O=C(O)C(F)(F)F.O=C(O)C(F)(F)F. The molecule has 2 heterocycles. The Morgan fingerprint density at radius 3 is 2.18 bits per heavy atom. The number of aromatic nitrogens is 2. The second-order valence-electron chi connectivity index (χ2n) is 8.70. The van der Waals surface area contributed by atoms with Gasteiger partial charge in [0.05, 0.1) is 19.0 Å². The fourth-order valence-electron chi connectivity index (χ4n) is 3.35. The average Bonchev–Trinajstić information content (AvgIpc) is 3.68. The summed E-state index contributed by atoms with van der Waals surface area (Å²) in [6.07, 6.45) is -5.59. The highest BCUT2D eigenvalue weighted by atomic mass is 19.4. The molecule has 1 aromatic heterocycles. The van der Waals surface area contributed by atoms with Gasteiger partial charge in [0.25, 0.3) is 0 Å². The number of carbonyl (C=O) groups is 3. The molecule has 1 fully saturated rings. The molecule has 44 heavy (non-hydrogen) atoms. The van der Waals surface area contributed by atoms with E-state index in [4.69, 9.17) is 29.3 Å². The lowest BCUT2D eigenvalue weighted by atomic mass is 10.1. The van der Waals surface area contributed by atoms with Crippen molar-refractivity contribution in [1.82, 2.24) is 20.8 Å². The molecule has 1 aliphatic rings. The maximum atomic E-state index is 12.5. The highest BCUT2D eigenvalue weighted by molar-refractivity contribution is 5.91. The Balaban J connectivity index is 0.000000402. The molecule has 4 rings (SSSR count). The number of rotatable bonds is 7. The first-order valence-corrected chi connectivity index (χ1v) is 12.4. The zero-order chi connectivity index (χ0) is 32.9. The highest BCUT2D eigenvalue weighted by Gasteiger charge is 2.38. The van der Waals surface area contributed by atoms with Crippen molar-refractivity contribution in [2.45, 2.75) is 31.4 Å². The van der Waals surface area contributed by atoms with Gasteiger partial charge in [0.15, 0.2) is 0 Å². The van der Waals surface area contributed by atoms with E-state index in [9.17, 15) is 31.1 Å². The van der Waals surface area contributed by atoms with Crippen LogP contribution in [0.4, 0.5) is 36.8 Å². The van der Waals surface area contributed by atoms with Crippen LogP contribution in [0.2, 0.25) is 0 Å². The molecule has 0 bridgehead atoms. The Bertz CT molecular complexity index is 1350. The number of H-pyrrole nitrogens is 1. The van der Waals surface area contributed by atoms with E-state index in [-0.39, 0.29) is 12.1 Å². The fraction of sp³-hybridized carbons (Fsp3) is 0.308. The van der Waals surface area contributed by atoms with Gasteiger partial charge in [-0.25, -0.2) is 14.4 Å². The number of carboxylic acid groups (broad SMARTS) is 2. The summed E-state index contributed by atoms with van der Waals surface area (Å²) in [6, 6.07) is 13.0. The number of ether oxygens (including phenoxy) is 2. The van der Waals surface area contributed by atoms with Crippen LogP contribution in [0.1, 0.15) is 12.0 Å². The van der Waals surface area contributed by atoms with Crippen molar-refractivity contribution in [3.05, 3.63) is 60.4 Å². The van der Waals surface area contributed by atoms with Crippen LogP contribution in [0.15, 0.2) is 54.9 Å². The third kappa shape index (κ3) is 12.1. The van der Waals surface area contributed by atoms with Crippen LogP contribution < -0.4 is 25.4 Å². The Labute approximate surface area is 245 Å². The Hall–Kier alpha value is -5.00. The molecule has 240 valence electrons. The summed E-state index contributed by atoms with van der Waals surface area (Å²) in [7, 11) is 1.62. The fourth-order valence-corrected chi connectivity index (χ4v) is 3.35. The van der Waals surface area contributed by atoms with Gasteiger partial charge in [-0.15, -0.1) is 0 Å². The molecule has 3 aromatic rings. The maximum absolute atomic E-state index is 12.5. The normalized spacial score (nSPS) is 14.2. The third-order valence-electron chi connectivity index (χ3n) is 5.44. The second-order valence-corrected chi connectivity index (χ2v) is 8.70. The number of carbonyl (C=O) groups excluding carboxylic acids is 1. The molecule has 6 N–H and O–H groups in total. The molecule has 1 aliphatic heterocycles. The van der Waals surface area contributed by atoms with Gasteiger partial charge in [-0.2, -0.15) is 31.4 Å². The molecular weight excluding hydrogens is 608 g/mol. The van der Waals surface area contributed by atoms with E-state index in [1.54, 1.807) is 13.3 Å². The van der Waals surface area contributed by atoms with E-state index in [0.717, 1.165) is 42.0 Å². The van der Waals surface area contributed by atoms with Crippen LogP contribution in [-0.2, 0) is 16.1 Å². The molecule has 2 aromatic carbocycles. The van der Waals surface area contributed by atoms with Gasteiger partial charge < -0.3 is 35.6 Å². The lowest BCUT2D eigenvalue weighted by molar-refractivity contribution is -0.193. The van der Waals surface area contributed by atoms with E-state index in [1.807, 2.05) is 48.7 Å². The highest BCUT2D eigenvalue weighted by Crippen LogP contribution is 2.32. The number of aromatic amines is 1. The molecule has 1 unspecified atom stereocenters. The molecule has 12 nitrogen and oxygen atoms in total. The summed E-state index contributed by atoms with van der Waals surface area (Å²) in [5.74, 6) is -4.12. The first-order chi connectivity index (χ1) is 20.6. The number of carboxylic acids is 2. The molecule has 18 heteroatoms. The number of urea groups is 1. The molecule has 1 atom stereocenters. The number of anilines is 1. The minimum Gasteiger partial charge on any atom is -0.497 e. The number of hydrogen-bond acceptors (Lipinski definition) is 7. The topological polar surface area (TPSA) is 175 Å². The number of nitrogens with one attached hydrogen (secondary N) is 4. The number of halogens is 6. The number of methoxy groups -OCH3 is 1. The summed E-state index contributed by atoms with van der Waals surface area (Å²) in [4.78, 5) is 30.3. The molecule has 2 amide bonds. The number of aliphatic carboxylic acids is 2. The van der Waals surface area contributed by atoms with Gasteiger partial charge in [-0.05, 0) is 48.4 Å². The summed E-state index contributed by atoms with van der Waals surface area (Å²) >= 11 is 0. The van der Waals surface area contributed by atoms with Crippen molar-refractivity contribution in [1.29, 1.82) is 0 Å². The second kappa shape index (κ2) is 16.0. The monoisotopic (exact) mass is 635 g/mol. The van der Waals surface area contributed by atoms with Crippen LogP contribution in [0, 0.1) is 0 Å². The first-order valence-electron chi connectivity index (χ1n) is 12.4. The van der Waals surface area contributed by atoms with E-state index in [1.165, 1.54) is 0 Å². The predicted molar refractivity (Wildman–Crippen MR) is 142 cm³/mol. The van der Waals surface area contributed by atoms with Crippen molar-refractivity contribution < 1.29 is 60.4 Å². The van der Waals surface area contributed by atoms with E-state index in [2.05, 4.69) is 26.1 Å². The molecule has 0 spiro atoms. The van der Waals surface area contributed by atoms with E-state index >= 15 is 0 Å². The summed E-state index contributed by atoms with van der Waals surface area (Å²) in [6.45, 7) is 2.10. The van der Waals surface area contributed by atoms with Gasteiger partial charge in [0.2, 0.25) is 0 Å². The van der Waals surface area contributed by atoms with Crippen LogP contribution >= 0.6 is 0 Å². The minimum absolute atomic E-state index is 0.0741. The van der Waals surface area contributed by atoms with Gasteiger partial charge in [-0.1, -0.05) is 18.2 Å². The number of benzene rings is 2. The van der Waals surface area contributed by atoms with Crippen LogP contribution in [-0.4, -0.2) is 77.0 Å². The van der Waals surface area contributed by atoms with E-state index in [0.29, 0.717) is 18.0 Å². The number of nitrogens with zero attached hydrogens (tertiary/aromatic N) is 1. The first kappa shape index (κ1) is 35.2. The van der Waals surface area contributed by atoms with E-state index < -0.39 is 24.3 Å². The Morgan fingerprint density at radius 2 is 1.66 bits per heavy atom. The molecular formula is C26H27F6N5O7. The van der Waals surface area contributed by atoms with Crippen molar-refractivity contribution in [3.63, 3.8) is 0 Å². The van der Waals surface area contributed by atoms with Gasteiger partial charge in [0, 0.05) is 24.8 Å². The Morgan fingerprint density at radius 1 is 1.00 bits per heavy atom. The number of hydrogen-bond donors (Lipinski definition) is 6. The number of amides is 2. The zero-order valence-electron chi connectivity index (χ0n) is 22.8. The van der Waals surface area contributed by atoms with Gasteiger partial charge in [-0.3, -0.25) is 5.10 Å². The molecule has 0 saturated carbocycles. The van der Waals surface area contributed by atoms with Crippen molar-refractivity contribution in [3.8, 4) is 22.6 Å². The molecule has 0 radical (unpaired) electrons. The summed E-state index contributed by atoms with van der Waals surface area (Å²) in [5.41, 5.74) is 3.50. The lowest BCUT2D eigenvalue weighted by Gasteiger charge is -2.18.